The van der Waals surface area contributed by atoms with Crippen LogP contribution in [0.25, 0.3) is 0 Å². The average molecular weight is 184 g/mol. The minimum atomic E-state index is -0.254. The van der Waals surface area contributed by atoms with Crippen molar-refractivity contribution in [3.05, 3.63) is 11.6 Å². The summed E-state index contributed by atoms with van der Waals surface area (Å²) in [6.45, 7) is 4.91. The van der Waals surface area contributed by atoms with Crippen LogP contribution in [0.3, 0.4) is 0 Å². The fraction of sp³-hybridized carbons (Fsp3) is 0.818. The summed E-state index contributed by atoms with van der Waals surface area (Å²) in [7, 11) is 0. The third-order valence-corrected chi connectivity index (χ3v) is 2.60. The summed E-state index contributed by atoms with van der Waals surface area (Å²) in [6, 6.07) is 0. The second-order valence-electron chi connectivity index (χ2n) is 3.67. The van der Waals surface area contributed by atoms with Crippen LogP contribution in [0.15, 0.2) is 11.6 Å². The molecule has 1 saturated carbocycles. The lowest BCUT2D eigenvalue weighted by atomic mass is 9.90. The number of ether oxygens (including phenoxy) is 1. The molecule has 1 rings (SSSR count). The zero-order valence-corrected chi connectivity index (χ0v) is 8.62. The Morgan fingerprint density at radius 1 is 1.62 bits per heavy atom. The van der Waals surface area contributed by atoms with Crippen molar-refractivity contribution in [1.82, 2.24) is 0 Å². The van der Waals surface area contributed by atoms with E-state index in [1.165, 1.54) is 5.57 Å². The molecule has 0 aromatic rings. The molecule has 0 aromatic heterocycles. The van der Waals surface area contributed by atoms with Crippen LogP contribution in [0.2, 0.25) is 0 Å². The molecule has 1 fully saturated rings. The number of aliphatic hydroxyl groups excluding tert-OH is 1. The van der Waals surface area contributed by atoms with Crippen molar-refractivity contribution in [2.75, 3.05) is 6.61 Å². The van der Waals surface area contributed by atoms with Gasteiger partial charge in [0.25, 0.3) is 0 Å². The van der Waals surface area contributed by atoms with Gasteiger partial charge in [0.1, 0.15) is 0 Å². The van der Waals surface area contributed by atoms with Gasteiger partial charge in [-0.2, -0.15) is 0 Å². The van der Waals surface area contributed by atoms with Crippen molar-refractivity contribution >= 4 is 0 Å². The molecule has 0 aliphatic heterocycles. The van der Waals surface area contributed by atoms with Gasteiger partial charge >= 0.3 is 0 Å². The zero-order valence-electron chi connectivity index (χ0n) is 8.62. The third kappa shape index (κ3) is 3.12. The molecule has 76 valence electrons. The largest absolute Gasteiger partial charge is 0.390 e. The monoisotopic (exact) mass is 184 g/mol. The van der Waals surface area contributed by atoms with Gasteiger partial charge in [-0.15, -0.1) is 0 Å². The van der Waals surface area contributed by atoms with Gasteiger partial charge in [-0.05, 0) is 32.6 Å². The van der Waals surface area contributed by atoms with E-state index < -0.39 is 0 Å². The first-order chi connectivity index (χ1) is 6.27. The normalized spacial score (nSPS) is 32.4. The van der Waals surface area contributed by atoms with E-state index in [9.17, 15) is 5.11 Å². The van der Waals surface area contributed by atoms with Crippen LogP contribution in [0.1, 0.15) is 39.5 Å². The summed E-state index contributed by atoms with van der Waals surface area (Å²) >= 11 is 0. The number of aliphatic hydroxyl groups is 1. The highest BCUT2D eigenvalue weighted by Gasteiger charge is 2.25. The summed E-state index contributed by atoms with van der Waals surface area (Å²) in [4.78, 5) is 0. The van der Waals surface area contributed by atoms with Crippen LogP contribution in [0.5, 0.6) is 0 Å². The maximum atomic E-state index is 9.66. The molecule has 2 unspecified atom stereocenters. The summed E-state index contributed by atoms with van der Waals surface area (Å²) < 4.78 is 5.59. The molecule has 0 radical (unpaired) electrons. The Kier molecular flexibility index (Phi) is 4.46. The Hall–Kier alpha value is -0.340. The molecule has 1 N–H and O–H groups in total. The van der Waals surface area contributed by atoms with Crippen molar-refractivity contribution < 1.29 is 9.84 Å². The van der Waals surface area contributed by atoms with E-state index in [4.69, 9.17) is 4.74 Å². The number of hydrogen-bond acceptors (Lipinski definition) is 2. The summed E-state index contributed by atoms with van der Waals surface area (Å²) in [5.41, 5.74) is 1.42. The second kappa shape index (κ2) is 5.40. The molecule has 2 nitrogen and oxygen atoms in total. The Morgan fingerprint density at radius 3 is 3.00 bits per heavy atom. The van der Waals surface area contributed by atoms with E-state index in [1.54, 1.807) is 0 Å². The van der Waals surface area contributed by atoms with Crippen molar-refractivity contribution in [2.24, 2.45) is 0 Å². The lowest BCUT2D eigenvalue weighted by molar-refractivity contribution is -0.0481. The van der Waals surface area contributed by atoms with Crippen molar-refractivity contribution in [3.63, 3.8) is 0 Å². The lowest BCUT2D eigenvalue weighted by Crippen LogP contribution is -2.33. The Balaban J connectivity index is 2.40. The molecule has 0 saturated heterocycles. The number of hydrogen-bond donors (Lipinski definition) is 1. The lowest BCUT2D eigenvalue weighted by Gasteiger charge is -2.29. The van der Waals surface area contributed by atoms with Gasteiger partial charge in [0.15, 0.2) is 0 Å². The van der Waals surface area contributed by atoms with Crippen LogP contribution in [-0.2, 0) is 4.74 Å². The van der Waals surface area contributed by atoms with E-state index >= 15 is 0 Å². The second-order valence-corrected chi connectivity index (χ2v) is 3.67. The first-order valence-electron chi connectivity index (χ1n) is 5.21. The molecule has 1 aliphatic carbocycles. The van der Waals surface area contributed by atoms with Crippen LogP contribution in [0, 0.1) is 0 Å². The van der Waals surface area contributed by atoms with Gasteiger partial charge in [0, 0.05) is 6.61 Å². The molecule has 0 bridgehead atoms. The molecular formula is C11H20O2. The van der Waals surface area contributed by atoms with Crippen molar-refractivity contribution in [1.29, 1.82) is 0 Å². The predicted octanol–water partition coefficient (Wildman–Crippen LogP) is 2.27. The van der Waals surface area contributed by atoms with Gasteiger partial charge in [-0.1, -0.05) is 18.6 Å². The molecule has 2 heteroatoms. The summed E-state index contributed by atoms with van der Waals surface area (Å²) in [5.74, 6) is 0. The van der Waals surface area contributed by atoms with E-state index in [2.05, 4.69) is 19.9 Å². The van der Waals surface area contributed by atoms with Crippen LogP contribution in [-0.4, -0.2) is 23.9 Å². The molecule has 13 heavy (non-hydrogen) atoms. The fourth-order valence-electron chi connectivity index (χ4n) is 1.72. The van der Waals surface area contributed by atoms with Gasteiger partial charge < -0.3 is 9.84 Å². The topological polar surface area (TPSA) is 29.5 Å². The quantitative estimate of drug-likeness (QED) is 0.682. The fourth-order valence-corrected chi connectivity index (χ4v) is 1.72. The molecule has 0 aromatic carbocycles. The van der Waals surface area contributed by atoms with Crippen molar-refractivity contribution in [2.45, 2.75) is 51.7 Å². The summed E-state index contributed by atoms with van der Waals surface area (Å²) in [6.07, 6.45) is 5.76. The molecule has 0 spiro atoms. The SMILES string of the molecule is C/C=C1/CCC(O)C(OCCC)C1. The molecule has 0 heterocycles. The first-order valence-corrected chi connectivity index (χ1v) is 5.21. The van der Waals surface area contributed by atoms with Crippen LogP contribution < -0.4 is 0 Å². The highest BCUT2D eigenvalue weighted by Crippen LogP contribution is 2.25. The van der Waals surface area contributed by atoms with Crippen molar-refractivity contribution in [3.8, 4) is 0 Å². The highest BCUT2D eigenvalue weighted by atomic mass is 16.5. The first kappa shape index (κ1) is 10.7. The molecule has 1 aliphatic rings. The minimum absolute atomic E-state index is 0.0416. The maximum absolute atomic E-state index is 9.66. The van der Waals surface area contributed by atoms with E-state index in [1.807, 2.05) is 0 Å². The Morgan fingerprint density at radius 2 is 2.38 bits per heavy atom. The standard InChI is InChI=1S/C11H20O2/c1-3-7-13-11-8-9(4-2)5-6-10(11)12/h4,10-12H,3,5-8H2,1-2H3/b9-4-. The third-order valence-electron chi connectivity index (χ3n) is 2.60. The zero-order chi connectivity index (χ0) is 9.68. The van der Waals surface area contributed by atoms with Gasteiger partial charge in [0.2, 0.25) is 0 Å². The Labute approximate surface area is 80.6 Å². The van der Waals surface area contributed by atoms with Gasteiger partial charge in [-0.3, -0.25) is 0 Å². The average Bonchev–Trinajstić information content (AvgIpc) is 2.17. The van der Waals surface area contributed by atoms with E-state index in [0.29, 0.717) is 0 Å². The molecule has 0 amide bonds. The smallest absolute Gasteiger partial charge is 0.0870 e. The minimum Gasteiger partial charge on any atom is -0.390 e. The maximum Gasteiger partial charge on any atom is 0.0870 e. The number of rotatable bonds is 3. The molecular weight excluding hydrogens is 164 g/mol. The molecule has 2 atom stereocenters. The van der Waals surface area contributed by atoms with E-state index in [-0.39, 0.29) is 12.2 Å². The van der Waals surface area contributed by atoms with E-state index in [0.717, 1.165) is 32.3 Å². The Bertz CT molecular complexity index is 175. The number of allylic oxidation sites excluding steroid dienone is 1. The van der Waals surface area contributed by atoms with Gasteiger partial charge in [0.05, 0.1) is 12.2 Å². The van der Waals surface area contributed by atoms with Gasteiger partial charge in [-0.25, -0.2) is 0 Å². The van der Waals surface area contributed by atoms with Crippen LogP contribution >= 0.6 is 0 Å². The highest BCUT2D eigenvalue weighted by molar-refractivity contribution is 5.07. The summed E-state index contributed by atoms with van der Waals surface area (Å²) in [5, 5.41) is 9.66. The van der Waals surface area contributed by atoms with Crippen LogP contribution in [0.4, 0.5) is 0 Å². The predicted molar refractivity (Wildman–Crippen MR) is 53.6 cm³/mol.